The van der Waals surface area contributed by atoms with Gasteiger partial charge in [0.15, 0.2) is 5.82 Å². The van der Waals surface area contributed by atoms with Crippen LogP contribution in [0.25, 0.3) is 0 Å². The number of benzene rings is 1. The van der Waals surface area contributed by atoms with Crippen molar-refractivity contribution in [3.63, 3.8) is 0 Å². The summed E-state index contributed by atoms with van der Waals surface area (Å²) >= 11 is 0. The van der Waals surface area contributed by atoms with E-state index in [1.165, 1.54) is 31.8 Å². The van der Waals surface area contributed by atoms with Crippen LogP contribution in [0.4, 0.5) is 8.78 Å². The Morgan fingerprint density at radius 2 is 2.07 bits per heavy atom. The lowest BCUT2D eigenvalue weighted by Gasteiger charge is -2.34. The van der Waals surface area contributed by atoms with Crippen LogP contribution in [0.5, 0.6) is 0 Å². The Kier molecular flexibility index (Phi) is 5.46. The summed E-state index contributed by atoms with van der Waals surface area (Å²) in [5, 5.41) is 18.0. The van der Waals surface area contributed by atoms with Gasteiger partial charge in [-0.05, 0) is 23.8 Å². The number of aromatic amines is 1. The van der Waals surface area contributed by atoms with E-state index in [-0.39, 0.29) is 23.5 Å². The molecule has 0 bridgehead atoms. The number of methoxy groups -OCH3 is 1. The first-order valence-corrected chi connectivity index (χ1v) is 8.42. The van der Waals surface area contributed by atoms with E-state index in [1.54, 1.807) is 13.0 Å². The fourth-order valence-electron chi connectivity index (χ4n) is 3.09. The third-order valence-corrected chi connectivity index (χ3v) is 4.68. The predicted octanol–water partition coefficient (Wildman–Crippen LogP) is 2.50. The Balaban J connectivity index is 2.09. The van der Waals surface area contributed by atoms with Gasteiger partial charge in [0.05, 0.1) is 7.11 Å². The Bertz CT molecular complexity index is 981. The second kappa shape index (κ2) is 7.81. The van der Waals surface area contributed by atoms with Gasteiger partial charge in [-0.15, -0.1) is 0 Å². The molecule has 0 radical (unpaired) electrons. The van der Waals surface area contributed by atoms with Crippen molar-refractivity contribution in [2.75, 3.05) is 7.11 Å². The highest BCUT2D eigenvalue weighted by atomic mass is 19.1. The zero-order valence-electron chi connectivity index (χ0n) is 15.2. The largest absolute Gasteiger partial charge is 0.464 e. The Morgan fingerprint density at radius 3 is 2.71 bits per heavy atom. The number of nitrogens with one attached hydrogen (secondary N) is 1. The second-order valence-corrected chi connectivity index (χ2v) is 6.33. The van der Waals surface area contributed by atoms with Gasteiger partial charge in [-0.2, -0.15) is 5.10 Å². The number of rotatable bonds is 6. The summed E-state index contributed by atoms with van der Waals surface area (Å²) < 4.78 is 32.7. The molecule has 1 aromatic carbocycles. The zero-order chi connectivity index (χ0) is 20.3. The number of aliphatic hydroxyl groups is 1. The van der Waals surface area contributed by atoms with Gasteiger partial charge in [0.2, 0.25) is 0 Å². The molecule has 3 aromatic rings. The van der Waals surface area contributed by atoms with Crippen LogP contribution < -0.4 is 0 Å². The highest BCUT2D eigenvalue weighted by Gasteiger charge is 2.40. The van der Waals surface area contributed by atoms with Crippen LogP contribution in [0, 0.1) is 11.6 Å². The summed E-state index contributed by atoms with van der Waals surface area (Å²) in [5.41, 5.74) is -1.37. The topological polar surface area (TPSA) is 101 Å². The van der Waals surface area contributed by atoms with E-state index < -0.39 is 29.1 Å². The van der Waals surface area contributed by atoms with Crippen molar-refractivity contribution >= 4 is 5.97 Å². The number of esters is 1. The van der Waals surface area contributed by atoms with Crippen LogP contribution in [0.2, 0.25) is 0 Å². The average Bonchev–Trinajstić information content (AvgIpc) is 3.19. The lowest BCUT2D eigenvalue weighted by molar-refractivity contribution is 0.00731. The maximum absolute atomic E-state index is 14.6. The molecule has 0 saturated carbocycles. The first-order chi connectivity index (χ1) is 13.3. The minimum absolute atomic E-state index is 0.0478. The van der Waals surface area contributed by atoms with Gasteiger partial charge in [-0.3, -0.25) is 5.10 Å². The summed E-state index contributed by atoms with van der Waals surface area (Å²) in [5.74, 6) is -2.77. The van der Waals surface area contributed by atoms with Crippen molar-refractivity contribution in [2.45, 2.75) is 24.9 Å². The highest BCUT2D eigenvalue weighted by Crippen LogP contribution is 2.40. The van der Waals surface area contributed by atoms with Gasteiger partial charge in [0, 0.05) is 30.2 Å². The van der Waals surface area contributed by atoms with Crippen LogP contribution in [-0.4, -0.2) is 38.4 Å². The van der Waals surface area contributed by atoms with E-state index in [1.807, 2.05) is 0 Å². The average molecular weight is 388 g/mol. The molecular weight excluding hydrogens is 370 g/mol. The molecular formula is C19H18F2N4O3. The third kappa shape index (κ3) is 3.74. The van der Waals surface area contributed by atoms with Crippen molar-refractivity contribution < 1.29 is 23.4 Å². The molecule has 0 fully saturated rings. The van der Waals surface area contributed by atoms with E-state index in [0.717, 1.165) is 6.07 Å². The molecule has 2 atom stereocenters. The number of carbonyl (C=O) groups excluding carboxylic acids is 1. The van der Waals surface area contributed by atoms with E-state index in [0.29, 0.717) is 11.6 Å². The Labute approximate surface area is 159 Å². The maximum Gasteiger partial charge on any atom is 0.356 e. The number of hydrogen-bond donors (Lipinski definition) is 2. The second-order valence-electron chi connectivity index (χ2n) is 6.33. The number of nitrogens with zero attached hydrogens (tertiary/aromatic N) is 3. The smallest absolute Gasteiger partial charge is 0.356 e. The molecule has 0 aliphatic carbocycles. The molecule has 2 aromatic heterocycles. The fourth-order valence-corrected chi connectivity index (χ4v) is 3.09. The summed E-state index contributed by atoms with van der Waals surface area (Å²) in [6.45, 7) is 1.66. The minimum Gasteiger partial charge on any atom is -0.464 e. The quantitative estimate of drug-likeness (QED) is 0.629. The Morgan fingerprint density at radius 1 is 1.29 bits per heavy atom. The van der Waals surface area contributed by atoms with Gasteiger partial charge in [0.25, 0.3) is 0 Å². The summed E-state index contributed by atoms with van der Waals surface area (Å²) in [6, 6.07) is 6.02. The van der Waals surface area contributed by atoms with E-state index in [4.69, 9.17) is 0 Å². The number of H-pyrrole nitrogens is 1. The molecule has 146 valence electrons. The van der Waals surface area contributed by atoms with Gasteiger partial charge in [-0.25, -0.2) is 23.5 Å². The van der Waals surface area contributed by atoms with Crippen LogP contribution in [0.1, 0.15) is 40.3 Å². The molecule has 7 nitrogen and oxygen atoms in total. The number of pyridine rings is 1. The van der Waals surface area contributed by atoms with Gasteiger partial charge in [0.1, 0.15) is 29.3 Å². The standard InChI is InChI=1S/C19H18F2N4O3/c1-11(12-5-6-22-16(7-12)18(26)28-2)19(27,9-17-23-10-24-25-17)14-4-3-13(20)8-15(14)21/h3-8,10-11,27H,9H2,1-2H3,(H,23,24,25). The van der Waals surface area contributed by atoms with Crippen LogP contribution in [0.3, 0.4) is 0 Å². The number of halogens is 2. The summed E-state index contributed by atoms with van der Waals surface area (Å²) in [4.78, 5) is 19.7. The fraction of sp³-hybridized carbons (Fsp3) is 0.263. The predicted molar refractivity (Wildman–Crippen MR) is 94.3 cm³/mol. The molecule has 2 heterocycles. The van der Waals surface area contributed by atoms with Gasteiger partial charge >= 0.3 is 5.97 Å². The van der Waals surface area contributed by atoms with E-state index in [2.05, 4.69) is 24.9 Å². The SMILES string of the molecule is COC(=O)c1cc(C(C)C(O)(Cc2nc[nH]n2)c2ccc(F)cc2F)ccn1. The lowest BCUT2D eigenvalue weighted by Crippen LogP contribution is -2.36. The molecule has 2 unspecified atom stereocenters. The molecule has 28 heavy (non-hydrogen) atoms. The van der Waals surface area contributed by atoms with Crippen LogP contribution in [0.15, 0.2) is 42.9 Å². The molecule has 0 aliphatic rings. The molecule has 0 saturated heterocycles. The van der Waals surface area contributed by atoms with E-state index in [9.17, 15) is 18.7 Å². The number of aromatic nitrogens is 4. The third-order valence-electron chi connectivity index (χ3n) is 4.68. The first kappa shape index (κ1) is 19.6. The van der Waals surface area contributed by atoms with Gasteiger partial charge in [-0.1, -0.05) is 13.0 Å². The van der Waals surface area contributed by atoms with E-state index >= 15 is 0 Å². The lowest BCUT2D eigenvalue weighted by atomic mass is 9.76. The molecule has 0 amide bonds. The molecule has 0 aliphatic heterocycles. The van der Waals surface area contributed by atoms with Crippen molar-refractivity contribution in [2.24, 2.45) is 0 Å². The summed E-state index contributed by atoms with van der Waals surface area (Å²) in [6.07, 6.45) is 2.59. The monoisotopic (exact) mass is 388 g/mol. The molecule has 9 heteroatoms. The first-order valence-electron chi connectivity index (χ1n) is 8.42. The van der Waals surface area contributed by atoms with Gasteiger partial charge < -0.3 is 9.84 Å². The number of carbonyl (C=O) groups is 1. The number of hydrogen-bond acceptors (Lipinski definition) is 6. The van der Waals surface area contributed by atoms with Crippen molar-refractivity contribution in [1.29, 1.82) is 0 Å². The molecule has 0 spiro atoms. The van der Waals surface area contributed by atoms with Crippen LogP contribution in [-0.2, 0) is 16.8 Å². The van der Waals surface area contributed by atoms with Crippen molar-refractivity contribution in [3.05, 3.63) is 77.1 Å². The van der Waals surface area contributed by atoms with Crippen molar-refractivity contribution in [1.82, 2.24) is 20.2 Å². The Hall–Kier alpha value is -3.20. The zero-order valence-corrected chi connectivity index (χ0v) is 15.2. The van der Waals surface area contributed by atoms with Crippen LogP contribution >= 0.6 is 0 Å². The molecule has 3 rings (SSSR count). The minimum atomic E-state index is -1.82. The highest BCUT2D eigenvalue weighted by molar-refractivity contribution is 5.87. The maximum atomic E-state index is 14.6. The van der Waals surface area contributed by atoms with Crippen molar-refractivity contribution in [3.8, 4) is 0 Å². The summed E-state index contributed by atoms with van der Waals surface area (Å²) in [7, 11) is 1.23. The number of ether oxygens (including phenoxy) is 1. The normalized spacial score (nSPS) is 14.3. The molecule has 2 N–H and O–H groups in total.